The Hall–Kier alpha value is -2.24. The van der Waals surface area contributed by atoms with Crippen molar-refractivity contribution in [3.05, 3.63) is 71.9 Å². The number of pyridine rings is 1. The topological polar surface area (TPSA) is 23.8 Å². The summed E-state index contributed by atoms with van der Waals surface area (Å²) in [4.78, 5) is 9.49. The minimum absolute atomic E-state index is 0.155. The Morgan fingerprint density at radius 2 is 1.71 bits per heavy atom. The van der Waals surface area contributed by atoms with Crippen LogP contribution in [0.25, 0.3) is 5.65 Å². The number of nitrogens with zero attached hydrogens (tertiary/aromatic N) is 4. The number of piperazine rings is 1. The van der Waals surface area contributed by atoms with Crippen molar-refractivity contribution >= 4 is 5.65 Å². The van der Waals surface area contributed by atoms with Crippen LogP contribution >= 0.6 is 0 Å². The molecule has 0 N–H and O–H groups in total. The summed E-state index contributed by atoms with van der Waals surface area (Å²) in [6.07, 6.45) is 4.14. The van der Waals surface area contributed by atoms with E-state index in [1.54, 1.807) is 12.1 Å². The summed E-state index contributed by atoms with van der Waals surface area (Å²) in [6.45, 7) is 5.75. The highest BCUT2D eigenvalue weighted by atomic mass is 19.1. The molecule has 0 radical (unpaired) electrons. The number of aromatic nitrogens is 2. The molecule has 1 aliphatic rings. The molecule has 1 aromatic carbocycles. The van der Waals surface area contributed by atoms with Gasteiger partial charge in [0.1, 0.15) is 11.5 Å². The van der Waals surface area contributed by atoms with Crippen LogP contribution in [0.15, 0.2) is 54.9 Å². The van der Waals surface area contributed by atoms with Crippen LogP contribution in [0.1, 0.15) is 11.3 Å². The first-order chi connectivity index (χ1) is 11.8. The number of fused-ring (bicyclic) bond motifs is 1. The summed E-state index contributed by atoms with van der Waals surface area (Å²) in [5.41, 5.74) is 3.15. The number of halogens is 1. The highest BCUT2D eigenvalue weighted by Gasteiger charge is 2.18. The fourth-order valence-corrected chi connectivity index (χ4v) is 3.29. The molecule has 24 heavy (non-hydrogen) atoms. The van der Waals surface area contributed by atoms with E-state index in [4.69, 9.17) is 0 Å². The van der Waals surface area contributed by atoms with E-state index in [2.05, 4.69) is 25.4 Å². The van der Waals surface area contributed by atoms with E-state index in [1.807, 2.05) is 30.5 Å². The van der Waals surface area contributed by atoms with E-state index in [9.17, 15) is 4.39 Å². The molecule has 4 rings (SSSR count). The normalized spacial score (nSPS) is 16.7. The van der Waals surface area contributed by atoms with Crippen LogP contribution in [0.4, 0.5) is 4.39 Å². The molecule has 5 heteroatoms. The molecule has 0 saturated carbocycles. The van der Waals surface area contributed by atoms with Crippen molar-refractivity contribution < 1.29 is 4.39 Å². The van der Waals surface area contributed by atoms with E-state index >= 15 is 0 Å². The number of benzene rings is 1. The lowest BCUT2D eigenvalue weighted by atomic mass is 10.2. The van der Waals surface area contributed by atoms with Crippen molar-refractivity contribution in [3.8, 4) is 0 Å². The van der Waals surface area contributed by atoms with E-state index in [0.717, 1.165) is 56.2 Å². The molecule has 2 aromatic heterocycles. The molecule has 4 nitrogen and oxygen atoms in total. The Balaban J connectivity index is 1.32. The second-order valence-corrected chi connectivity index (χ2v) is 6.38. The van der Waals surface area contributed by atoms with E-state index in [0.29, 0.717) is 0 Å². The van der Waals surface area contributed by atoms with Crippen LogP contribution in [0, 0.1) is 5.82 Å². The molecule has 1 fully saturated rings. The SMILES string of the molecule is Fc1cccc(CN2CCN(Cc3cn4ccccc4n3)CC2)c1. The number of hydrogen-bond donors (Lipinski definition) is 0. The lowest BCUT2D eigenvalue weighted by molar-refractivity contribution is 0.121. The van der Waals surface area contributed by atoms with Gasteiger partial charge in [-0.05, 0) is 29.8 Å². The summed E-state index contributed by atoms with van der Waals surface area (Å²) in [7, 11) is 0. The maximum Gasteiger partial charge on any atom is 0.137 e. The van der Waals surface area contributed by atoms with Crippen LogP contribution in [-0.4, -0.2) is 45.4 Å². The Morgan fingerprint density at radius 1 is 0.917 bits per heavy atom. The zero-order chi connectivity index (χ0) is 16.4. The largest absolute Gasteiger partial charge is 0.307 e. The van der Waals surface area contributed by atoms with Gasteiger partial charge in [-0.2, -0.15) is 0 Å². The molecule has 1 aliphatic heterocycles. The van der Waals surface area contributed by atoms with Crippen LogP contribution in [0.5, 0.6) is 0 Å². The molecule has 124 valence electrons. The Morgan fingerprint density at radius 3 is 2.46 bits per heavy atom. The van der Waals surface area contributed by atoms with Crippen LogP contribution in [0.2, 0.25) is 0 Å². The van der Waals surface area contributed by atoms with Crippen molar-refractivity contribution in [1.82, 2.24) is 19.2 Å². The molecule has 0 atom stereocenters. The fraction of sp³-hybridized carbons (Fsp3) is 0.316. The second-order valence-electron chi connectivity index (χ2n) is 6.38. The van der Waals surface area contributed by atoms with Crippen molar-refractivity contribution in [2.75, 3.05) is 26.2 Å². The highest BCUT2D eigenvalue weighted by molar-refractivity contribution is 5.39. The lowest BCUT2D eigenvalue weighted by Gasteiger charge is -2.34. The maximum atomic E-state index is 13.3. The third-order valence-electron chi connectivity index (χ3n) is 4.56. The third kappa shape index (κ3) is 3.47. The summed E-state index contributed by atoms with van der Waals surface area (Å²) in [5, 5.41) is 0. The average Bonchev–Trinajstić information content (AvgIpc) is 2.99. The van der Waals surface area contributed by atoms with Gasteiger partial charge in [0.2, 0.25) is 0 Å². The van der Waals surface area contributed by atoms with Gasteiger partial charge in [-0.25, -0.2) is 9.37 Å². The molecule has 1 saturated heterocycles. The first-order valence-corrected chi connectivity index (χ1v) is 8.38. The lowest BCUT2D eigenvalue weighted by Crippen LogP contribution is -2.45. The van der Waals surface area contributed by atoms with Gasteiger partial charge in [-0.3, -0.25) is 9.80 Å². The van der Waals surface area contributed by atoms with Crippen molar-refractivity contribution in [2.24, 2.45) is 0 Å². The zero-order valence-electron chi connectivity index (χ0n) is 13.6. The second kappa shape index (κ2) is 6.71. The Labute approximate surface area is 141 Å². The van der Waals surface area contributed by atoms with Gasteiger partial charge in [0.05, 0.1) is 5.69 Å². The van der Waals surface area contributed by atoms with Crippen molar-refractivity contribution in [1.29, 1.82) is 0 Å². The fourth-order valence-electron chi connectivity index (χ4n) is 3.29. The first kappa shape index (κ1) is 15.3. The minimum Gasteiger partial charge on any atom is -0.307 e. The molecular formula is C19H21FN4. The summed E-state index contributed by atoms with van der Waals surface area (Å²) >= 11 is 0. The third-order valence-corrected chi connectivity index (χ3v) is 4.56. The Kier molecular flexibility index (Phi) is 4.28. The van der Waals surface area contributed by atoms with E-state index < -0.39 is 0 Å². The maximum absolute atomic E-state index is 13.3. The van der Waals surface area contributed by atoms with Crippen LogP contribution in [0.3, 0.4) is 0 Å². The smallest absolute Gasteiger partial charge is 0.137 e. The average molecular weight is 324 g/mol. The van der Waals surface area contributed by atoms with Gasteiger partial charge in [0.25, 0.3) is 0 Å². The minimum atomic E-state index is -0.155. The van der Waals surface area contributed by atoms with E-state index in [-0.39, 0.29) is 5.82 Å². The number of imidazole rings is 1. The molecule has 3 aromatic rings. The van der Waals surface area contributed by atoms with Gasteiger partial charge >= 0.3 is 0 Å². The molecule has 0 aliphatic carbocycles. The predicted octanol–water partition coefficient (Wildman–Crippen LogP) is 2.79. The summed E-state index contributed by atoms with van der Waals surface area (Å²) in [5.74, 6) is -0.155. The molecule has 0 bridgehead atoms. The molecule has 0 unspecified atom stereocenters. The van der Waals surface area contributed by atoms with Crippen LogP contribution < -0.4 is 0 Å². The summed E-state index contributed by atoms with van der Waals surface area (Å²) < 4.78 is 15.3. The molecule has 3 heterocycles. The van der Waals surface area contributed by atoms with E-state index in [1.165, 1.54) is 6.07 Å². The molecular weight excluding hydrogens is 303 g/mol. The standard InChI is InChI=1S/C19H21FN4/c20-17-5-3-4-16(12-17)13-22-8-10-23(11-9-22)14-18-15-24-7-2-1-6-19(24)21-18/h1-7,12,15H,8-11,13-14H2. The summed E-state index contributed by atoms with van der Waals surface area (Å²) in [6, 6.07) is 13.0. The van der Waals surface area contributed by atoms with Gasteiger partial charge in [0, 0.05) is 51.7 Å². The number of rotatable bonds is 4. The monoisotopic (exact) mass is 324 g/mol. The zero-order valence-corrected chi connectivity index (χ0v) is 13.6. The van der Waals surface area contributed by atoms with Crippen molar-refractivity contribution in [2.45, 2.75) is 13.1 Å². The van der Waals surface area contributed by atoms with Gasteiger partial charge in [0.15, 0.2) is 0 Å². The highest BCUT2D eigenvalue weighted by Crippen LogP contribution is 2.13. The van der Waals surface area contributed by atoms with Gasteiger partial charge in [-0.15, -0.1) is 0 Å². The van der Waals surface area contributed by atoms with Crippen LogP contribution in [-0.2, 0) is 13.1 Å². The van der Waals surface area contributed by atoms with Gasteiger partial charge < -0.3 is 4.40 Å². The predicted molar refractivity (Wildman–Crippen MR) is 92.1 cm³/mol. The molecule has 0 spiro atoms. The first-order valence-electron chi connectivity index (χ1n) is 8.38. The number of hydrogen-bond acceptors (Lipinski definition) is 3. The Bertz CT molecular complexity index is 788. The molecule has 0 amide bonds. The quantitative estimate of drug-likeness (QED) is 0.737. The van der Waals surface area contributed by atoms with Crippen molar-refractivity contribution in [3.63, 3.8) is 0 Å². The van der Waals surface area contributed by atoms with Gasteiger partial charge in [-0.1, -0.05) is 18.2 Å².